The lowest BCUT2D eigenvalue weighted by atomic mass is 10.1. The number of aryl methyl sites for hydroxylation is 1. The zero-order valence-electron chi connectivity index (χ0n) is 16.3. The fourth-order valence-electron chi connectivity index (χ4n) is 2.89. The molecule has 28 heavy (non-hydrogen) atoms. The summed E-state index contributed by atoms with van der Waals surface area (Å²) in [6.45, 7) is 4.77. The van der Waals surface area contributed by atoms with Gasteiger partial charge in [-0.3, -0.25) is 4.79 Å². The lowest BCUT2D eigenvalue weighted by molar-refractivity contribution is -0.118. The number of nitrogens with one attached hydrogen (secondary N) is 2. The molecule has 2 N–H and O–H groups in total. The highest BCUT2D eigenvalue weighted by atomic mass is 16.5. The minimum Gasteiger partial charge on any atom is -0.483 e. The highest BCUT2D eigenvalue weighted by Crippen LogP contribution is 2.20. The molecule has 0 unspecified atom stereocenters. The molecule has 0 radical (unpaired) electrons. The van der Waals surface area contributed by atoms with Gasteiger partial charge in [0.15, 0.2) is 6.61 Å². The van der Waals surface area contributed by atoms with Crippen molar-refractivity contribution in [2.45, 2.75) is 26.4 Å². The second-order valence-corrected chi connectivity index (χ2v) is 6.82. The van der Waals surface area contributed by atoms with Crippen molar-refractivity contribution >= 4 is 11.6 Å². The number of carbonyl (C=O) groups is 1. The van der Waals surface area contributed by atoms with Gasteiger partial charge in [-0.2, -0.15) is 0 Å². The second kappa shape index (κ2) is 9.72. The van der Waals surface area contributed by atoms with Crippen LogP contribution in [0.25, 0.3) is 0 Å². The summed E-state index contributed by atoms with van der Waals surface area (Å²) in [5.41, 5.74) is 4.18. The lowest BCUT2D eigenvalue weighted by Gasteiger charge is -2.16. The van der Waals surface area contributed by atoms with Crippen LogP contribution in [0.2, 0.25) is 0 Å². The molecule has 3 aromatic rings. The molecule has 0 bridgehead atoms. The SMILES string of the molecule is Cc1ccc(NC(=O)COc2ccccc2CN[C@H](C)c2ccccc2)cc1. The molecule has 0 heterocycles. The lowest BCUT2D eigenvalue weighted by Crippen LogP contribution is -2.22. The zero-order chi connectivity index (χ0) is 19.8. The molecular weight excluding hydrogens is 348 g/mol. The zero-order valence-corrected chi connectivity index (χ0v) is 16.3. The van der Waals surface area contributed by atoms with Crippen molar-refractivity contribution in [2.24, 2.45) is 0 Å². The average Bonchev–Trinajstić information content (AvgIpc) is 2.73. The summed E-state index contributed by atoms with van der Waals surface area (Å²) >= 11 is 0. The van der Waals surface area contributed by atoms with Gasteiger partial charge in [0.05, 0.1) is 0 Å². The molecule has 4 nitrogen and oxygen atoms in total. The molecule has 0 saturated carbocycles. The van der Waals surface area contributed by atoms with Gasteiger partial charge in [-0.05, 0) is 37.6 Å². The standard InChI is InChI=1S/C24H26N2O2/c1-18-12-14-22(15-13-18)26-24(27)17-28-23-11-7-6-10-21(23)16-25-19(2)20-8-4-3-5-9-20/h3-15,19,25H,16-17H2,1-2H3,(H,26,27)/t19-/m1/s1. The molecule has 0 aromatic heterocycles. The number of hydrogen-bond donors (Lipinski definition) is 2. The Morgan fingerprint density at radius 1 is 0.929 bits per heavy atom. The van der Waals surface area contributed by atoms with Crippen LogP contribution in [0.15, 0.2) is 78.9 Å². The van der Waals surface area contributed by atoms with E-state index in [0.717, 1.165) is 16.8 Å². The van der Waals surface area contributed by atoms with E-state index >= 15 is 0 Å². The van der Waals surface area contributed by atoms with E-state index in [0.29, 0.717) is 12.3 Å². The summed E-state index contributed by atoms with van der Waals surface area (Å²) in [4.78, 5) is 12.2. The first-order chi connectivity index (χ1) is 13.6. The minimum absolute atomic E-state index is 0.0286. The van der Waals surface area contributed by atoms with Crippen LogP contribution in [0.4, 0.5) is 5.69 Å². The van der Waals surface area contributed by atoms with Crippen molar-refractivity contribution < 1.29 is 9.53 Å². The van der Waals surface area contributed by atoms with Crippen LogP contribution in [0.3, 0.4) is 0 Å². The second-order valence-electron chi connectivity index (χ2n) is 6.82. The number of para-hydroxylation sites is 1. The van der Waals surface area contributed by atoms with Crippen LogP contribution in [0.5, 0.6) is 5.75 Å². The molecule has 4 heteroatoms. The number of amides is 1. The molecular formula is C24H26N2O2. The van der Waals surface area contributed by atoms with Crippen molar-refractivity contribution in [3.63, 3.8) is 0 Å². The van der Waals surface area contributed by atoms with E-state index in [1.165, 1.54) is 5.56 Å². The largest absolute Gasteiger partial charge is 0.483 e. The predicted molar refractivity (Wildman–Crippen MR) is 113 cm³/mol. The minimum atomic E-state index is -0.177. The molecule has 0 saturated heterocycles. The Morgan fingerprint density at radius 3 is 2.36 bits per heavy atom. The molecule has 0 fully saturated rings. The Hall–Kier alpha value is -3.11. The Balaban J connectivity index is 1.54. The fraction of sp³-hybridized carbons (Fsp3) is 0.208. The van der Waals surface area contributed by atoms with Crippen LogP contribution in [0.1, 0.15) is 29.7 Å². The monoisotopic (exact) mass is 374 g/mol. The molecule has 3 aromatic carbocycles. The first kappa shape index (κ1) is 19.6. The van der Waals surface area contributed by atoms with Crippen molar-refractivity contribution in [1.82, 2.24) is 5.32 Å². The molecule has 1 amide bonds. The van der Waals surface area contributed by atoms with Crippen LogP contribution in [-0.2, 0) is 11.3 Å². The molecule has 3 rings (SSSR count). The van der Waals surface area contributed by atoms with Gasteiger partial charge in [0.25, 0.3) is 5.91 Å². The van der Waals surface area contributed by atoms with E-state index in [4.69, 9.17) is 4.74 Å². The Morgan fingerprint density at radius 2 is 1.61 bits per heavy atom. The average molecular weight is 374 g/mol. The molecule has 0 aliphatic rings. The maximum atomic E-state index is 12.2. The molecule has 0 spiro atoms. The van der Waals surface area contributed by atoms with Gasteiger partial charge in [-0.1, -0.05) is 66.2 Å². The normalized spacial score (nSPS) is 11.6. The van der Waals surface area contributed by atoms with Gasteiger partial charge < -0.3 is 15.4 Å². The first-order valence-electron chi connectivity index (χ1n) is 9.47. The van der Waals surface area contributed by atoms with Gasteiger partial charge >= 0.3 is 0 Å². The van der Waals surface area contributed by atoms with Crippen molar-refractivity contribution in [3.8, 4) is 5.75 Å². The Kier molecular flexibility index (Phi) is 6.82. The maximum absolute atomic E-state index is 12.2. The summed E-state index contributed by atoms with van der Waals surface area (Å²) in [7, 11) is 0. The number of carbonyl (C=O) groups excluding carboxylic acids is 1. The van der Waals surface area contributed by atoms with Gasteiger partial charge in [0.1, 0.15) is 5.75 Å². The van der Waals surface area contributed by atoms with Crippen LogP contribution >= 0.6 is 0 Å². The summed E-state index contributed by atoms with van der Waals surface area (Å²) in [6.07, 6.45) is 0. The van der Waals surface area contributed by atoms with E-state index in [2.05, 4.69) is 29.7 Å². The quantitative estimate of drug-likeness (QED) is 0.592. The highest BCUT2D eigenvalue weighted by molar-refractivity contribution is 5.91. The molecule has 144 valence electrons. The third kappa shape index (κ3) is 5.69. The van der Waals surface area contributed by atoms with E-state index in [9.17, 15) is 4.79 Å². The van der Waals surface area contributed by atoms with E-state index in [-0.39, 0.29) is 18.6 Å². The first-order valence-corrected chi connectivity index (χ1v) is 9.47. The van der Waals surface area contributed by atoms with E-state index < -0.39 is 0 Å². The molecule has 0 aliphatic heterocycles. The number of hydrogen-bond acceptors (Lipinski definition) is 3. The van der Waals surface area contributed by atoms with Gasteiger partial charge in [0, 0.05) is 23.8 Å². The number of rotatable bonds is 8. The van der Waals surface area contributed by atoms with Crippen molar-refractivity contribution in [1.29, 1.82) is 0 Å². The Bertz CT molecular complexity index is 892. The fourth-order valence-corrected chi connectivity index (χ4v) is 2.89. The summed E-state index contributed by atoms with van der Waals surface area (Å²) in [5, 5.41) is 6.36. The molecule has 1 atom stereocenters. The number of anilines is 1. The topological polar surface area (TPSA) is 50.4 Å². The van der Waals surface area contributed by atoms with Crippen molar-refractivity contribution in [2.75, 3.05) is 11.9 Å². The third-order valence-electron chi connectivity index (χ3n) is 4.56. The van der Waals surface area contributed by atoms with Gasteiger partial charge in [-0.25, -0.2) is 0 Å². The summed E-state index contributed by atoms with van der Waals surface area (Å²) in [6, 6.07) is 26.0. The van der Waals surface area contributed by atoms with Crippen molar-refractivity contribution in [3.05, 3.63) is 95.6 Å². The summed E-state index contributed by atoms with van der Waals surface area (Å²) in [5.74, 6) is 0.540. The smallest absolute Gasteiger partial charge is 0.262 e. The Labute approximate surface area is 166 Å². The number of ether oxygens (including phenoxy) is 1. The van der Waals surface area contributed by atoms with Gasteiger partial charge in [0.2, 0.25) is 0 Å². The van der Waals surface area contributed by atoms with Crippen LogP contribution in [-0.4, -0.2) is 12.5 Å². The van der Waals surface area contributed by atoms with Crippen LogP contribution in [0, 0.1) is 6.92 Å². The van der Waals surface area contributed by atoms with E-state index in [1.807, 2.05) is 73.7 Å². The van der Waals surface area contributed by atoms with Gasteiger partial charge in [-0.15, -0.1) is 0 Å². The predicted octanol–water partition coefficient (Wildman–Crippen LogP) is 4.86. The summed E-state index contributed by atoms with van der Waals surface area (Å²) < 4.78 is 5.78. The van der Waals surface area contributed by atoms with E-state index in [1.54, 1.807) is 0 Å². The highest BCUT2D eigenvalue weighted by Gasteiger charge is 2.09. The molecule has 0 aliphatic carbocycles. The maximum Gasteiger partial charge on any atom is 0.262 e. The number of benzene rings is 3. The van der Waals surface area contributed by atoms with Crippen LogP contribution < -0.4 is 15.4 Å². The third-order valence-corrected chi connectivity index (χ3v) is 4.56.